The van der Waals surface area contributed by atoms with Gasteiger partial charge in [-0.2, -0.15) is 4.31 Å². The number of thiophene rings is 1. The van der Waals surface area contributed by atoms with Gasteiger partial charge >= 0.3 is 0 Å². The minimum atomic E-state index is -3.95. The van der Waals surface area contributed by atoms with Gasteiger partial charge in [-0.05, 0) is 79.6 Å². The van der Waals surface area contributed by atoms with Crippen molar-refractivity contribution in [1.29, 1.82) is 0 Å². The van der Waals surface area contributed by atoms with Crippen LogP contribution in [0.5, 0.6) is 5.75 Å². The summed E-state index contributed by atoms with van der Waals surface area (Å²) in [5.41, 5.74) is 2.20. The number of carbonyl (C=O) groups is 1. The highest BCUT2D eigenvalue weighted by Gasteiger charge is 2.36. The quantitative estimate of drug-likeness (QED) is 0.356. The van der Waals surface area contributed by atoms with Gasteiger partial charge in [0.15, 0.2) is 0 Å². The standard InChI is InChI=1S/C28H31ClN2O5S2/c1-20-4-8-22(9-5-20)36-19-26-25-13-16-37-27(25)12-14-31(26)28(32)18-30(17-23-3-2-15-35-23)38(33,34)24-10-6-21(29)7-11-24/h4-11,13,16,23,26H,2-3,12,14-15,17-19H2,1H3/t23-,26-/m0/s1. The Kier molecular flexibility index (Phi) is 8.40. The van der Waals surface area contributed by atoms with E-state index in [2.05, 4.69) is 0 Å². The van der Waals surface area contributed by atoms with Crippen LogP contribution in [0.2, 0.25) is 5.02 Å². The largest absolute Gasteiger partial charge is 0.491 e. The Balaban J connectivity index is 1.38. The number of rotatable bonds is 9. The first-order valence-electron chi connectivity index (χ1n) is 12.7. The second kappa shape index (κ2) is 11.8. The van der Waals surface area contributed by atoms with Gasteiger partial charge in [0.05, 0.1) is 23.6 Å². The topological polar surface area (TPSA) is 76.2 Å². The monoisotopic (exact) mass is 574 g/mol. The van der Waals surface area contributed by atoms with Crippen LogP contribution in [0.4, 0.5) is 0 Å². The third kappa shape index (κ3) is 6.07. The molecule has 2 aromatic carbocycles. The van der Waals surface area contributed by atoms with Crippen LogP contribution in [0.15, 0.2) is 64.9 Å². The fraction of sp³-hybridized carbons (Fsp3) is 0.393. The van der Waals surface area contributed by atoms with Gasteiger partial charge < -0.3 is 14.4 Å². The smallest absolute Gasteiger partial charge is 0.243 e. The van der Waals surface area contributed by atoms with Crippen molar-refractivity contribution in [1.82, 2.24) is 9.21 Å². The lowest BCUT2D eigenvalue weighted by Gasteiger charge is -2.37. The van der Waals surface area contributed by atoms with Crippen LogP contribution in [0.1, 0.15) is 34.9 Å². The number of hydrogen-bond donors (Lipinski definition) is 0. The summed E-state index contributed by atoms with van der Waals surface area (Å²) in [5, 5.41) is 2.48. The fourth-order valence-corrected chi connectivity index (χ4v) is 7.42. The minimum absolute atomic E-state index is 0.103. The normalized spacial score (nSPS) is 19.5. The van der Waals surface area contributed by atoms with Crippen molar-refractivity contribution in [2.24, 2.45) is 0 Å². The summed E-state index contributed by atoms with van der Waals surface area (Å²) in [4.78, 5) is 16.9. The van der Waals surface area contributed by atoms with Crippen molar-refractivity contribution in [2.75, 3.05) is 32.8 Å². The van der Waals surface area contributed by atoms with Crippen molar-refractivity contribution in [3.63, 3.8) is 0 Å². The summed E-state index contributed by atoms with van der Waals surface area (Å²) in [5.74, 6) is 0.477. The molecular weight excluding hydrogens is 544 g/mol. The Morgan fingerprint density at radius 2 is 1.92 bits per heavy atom. The van der Waals surface area contributed by atoms with Crippen molar-refractivity contribution >= 4 is 38.9 Å². The molecule has 2 aliphatic heterocycles. The van der Waals surface area contributed by atoms with E-state index < -0.39 is 10.0 Å². The number of amides is 1. The van der Waals surface area contributed by atoms with Crippen molar-refractivity contribution in [3.05, 3.63) is 81.0 Å². The molecule has 38 heavy (non-hydrogen) atoms. The van der Waals surface area contributed by atoms with Gasteiger partial charge in [-0.25, -0.2) is 8.42 Å². The second-order valence-electron chi connectivity index (χ2n) is 9.66. The van der Waals surface area contributed by atoms with E-state index in [1.807, 2.05) is 42.6 Å². The van der Waals surface area contributed by atoms with Crippen LogP contribution in [-0.2, 0) is 26.0 Å². The number of hydrogen-bond acceptors (Lipinski definition) is 6. The predicted molar refractivity (Wildman–Crippen MR) is 148 cm³/mol. The molecule has 0 saturated carbocycles. The second-order valence-corrected chi connectivity index (χ2v) is 13.0. The van der Waals surface area contributed by atoms with Gasteiger partial charge in [0.2, 0.25) is 15.9 Å². The zero-order valence-corrected chi connectivity index (χ0v) is 23.6. The first kappa shape index (κ1) is 27.1. The van der Waals surface area contributed by atoms with E-state index in [0.29, 0.717) is 18.2 Å². The Morgan fingerprint density at radius 1 is 1.16 bits per heavy atom. The first-order chi connectivity index (χ1) is 18.3. The highest BCUT2D eigenvalue weighted by molar-refractivity contribution is 7.89. The van der Waals surface area contributed by atoms with E-state index in [9.17, 15) is 13.2 Å². The van der Waals surface area contributed by atoms with Crippen LogP contribution in [-0.4, -0.2) is 62.5 Å². The third-order valence-corrected chi connectivity index (χ3v) is 10.1. The lowest BCUT2D eigenvalue weighted by atomic mass is 10.0. The molecule has 202 valence electrons. The van der Waals surface area contributed by atoms with Crippen molar-refractivity contribution in [3.8, 4) is 5.75 Å². The third-order valence-electron chi connectivity index (χ3n) is 7.04. The van der Waals surface area contributed by atoms with Gasteiger partial charge in [-0.15, -0.1) is 11.3 Å². The number of carbonyl (C=O) groups excluding carboxylic acids is 1. The van der Waals surface area contributed by atoms with Crippen LogP contribution < -0.4 is 4.74 Å². The molecule has 0 bridgehead atoms. The number of fused-ring (bicyclic) bond motifs is 1. The maximum Gasteiger partial charge on any atom is 0.243 e. The molecule has 1 saturated heterocycles. The van der Waals surface area contributed by atoms with Crippen molar-refractivity contribution < 1.29 is 22.7 Å². The maximum absolute atomic E-state index is 13.8. The molecule has 0 aliphatic carbocycles. The number of aryl methyl sites for hydroxylation is 1. The van der Waals surface area contributed by atoms with E-state index in [-0.39, 0.29) is 42.6 Å². The van der Waals surface area contributed by atoms with Crippen molar-refractivity contribution in [2.45, 2.75) is 43.2 Å². The zero-order valence-electron chi connectivity index (χ0n) is 21.2. The van der Waals surface area contributed by atoms with E-state index in [0.717, 1.165) is 36.1 Å². The molecule has 3 heterocycles. The maximum atomic E-state index is 13.8. The Hall–Kier alpha value is -2.43. The Bertz CT molecular complexity index is 1350. The molecule has 10 heteroatoms. The number of nitrogens with zero attached hydrogens (tertiary/aromatic N) is 2. The molecule has 1 fully saturated rings. The number of benzene rings is 2. The molecule has 3 aromatic rings. The lowest BCUT2D eigenvalue weighted by molar-refractivity contribution is -0.135. The highest BCUT2D eigenvalue weighted by atomic mass is 35.5. The molecule has 7 nitrogen and oxygen atoms in total. The molecule has 0 N–H and O–H groups in total. The Labute approximate surface area is 233 Å². The van der Waals surface area contributed by atoms with Gasteiger partial charge in [0, 0.05) is 29.6 Å². The van der Waals surface area contributed by atoms with Gasteiger partial charge in [0.25, 0.3) is 0 Å². The van der Waals surface area contributed by atoms with Gasteiger partial charge in [0.1, 0.15) is 12.4 Å². The lowest BCUT2D eigenvalue weighted by Crippen LogP contribution is -2.49. The SMILES string of the molecule is Cc1ccc(OC[C@H]2c3ccsc3CCN2C(=O)CN(C[C@@H]2CCCO2)S(=O)(=O)c2ccc(Cl)cc2)cc1. The van der Waals surface area contributed by atoms with Crippen LogP contribution in [0.3, 0.4) is 0 Å². The molecular formula is C28H31ClN2O5S2. The number of halogens is 1. The predicted octanol–water partition coefficient (Wildman–Crippen LogP) is 5.08. The average Bonchev–Trinajstić information content (AvgIpc) is 3.60. The first-order valence-corrected chi connectivity index (χ1v) is 15.4. The zero-order chi connectivity index (χ0) is 26.7. The van der Waals surface area contributed by atoms with E-state index in [1.54, 1.807) is 28.4 Å². The van der Waals surface area contributed by atoms with Crippen LogP contribution in [0, 0.1) is 6.92 Å². The average molecular weight is 575 g/mol. The molecule has 1 aromatic heterocycles. The molecule has 2 aliphatic rings. The summed E-state index contributed by atoms with van der Waals surface area (Å²) in [7, 11) is -3.95. The van der Waals surface area contributed by atoms with Gasteiger partial charge in [-0.1, -0.05) is 29.3 Å². The molecule has 1 amide bonds. The molecule has 0 radical (unpaired) electrons. The summed E-state index contributed by atoms with van der Waals surface area (Å²) in [6.07, 6.45) is 2.12. The van der Waals surface area contributed by atoms with E-state index in [4.69, 9.17) is 21.1 Å². The Morgan fingerprint density at radius 3 is 2.63 bits per heavy atom. The molecule has 5 rings (SSSR count). The molecule has 0 spiro atoms. The summed E-state index contributed by atoms with van der Waals surface area (Å²) >= 11 is 7.67. The fourth-order valence-electron chi connectivity index (χ4n) is 4.94. The highest BCUT2D eigenvalue weighted by Crippen LogP contribution is 2.34. The van der Waals surface area contributed by atoms with Crippen LogP contribution in [0.25, 0.3) is 0 Å². The van der Waals surface area contributed by atoms with Gasteiger partial charge in [-0.3, -0.25) is 4.79 Å². The molecule has 0 unspecified atom stereocenters. The minimum Gasteiger partial charge on any atom is -0.491 e. The summed E-state index contributed by atoms with van der Waals surface area (Å²) in [6, 6.07) is 15.6. The van der Waals surface area contributed by atoms with E-state index >= 15 is 0 Å². The van der Waals surface area contributed by atoms with E-state index in [1.165, 1.54) is 21.3 Å². The summed E-state index contributed by atoms with van der Waals surface area (Å²) in [6.45, 7) is 3.25. The number of sulfonamides is 1. The number of ether oxygens (including phenoxy) is 2. The summed E-state index contributed by atoms with van der Waals surface area (Å²) < 4.78 is 40.4. The molecule has 2 atom stereocenters. The van der Waals surface area contributed by atoms with Crippen LogP contribution >= 0.6 is 22.9 Å².